The van der Waals surface area contributed by atoms with Crippen molar-refractivity contribution in [2.45, 2.75) is 0 Å². The van der Waals surface area contributed by atoms with Crippen molar-refractivity contribution in [1.29, 1.82) is 0 Å². The van der Waals surface area contributed by atoms with Crippen molar-refractivity contribution in [3.8, 4) is 0 Å². The third-order valence-corrected chi connectivity index (χ3v) is 1.42. The molecule has 0 aliphatic heterocycles. The number of carbonyl (C=O) groups is 1. The van der Waals surface area contributed by atoms with Gasteiger partial charge < -0.3 is 0 Å². The van der Waals surface area contributed by atoms with Crippen LogP contribution in [0.15, 0.2) is 18.3 Å². The van der Waals surface area contributed by atoms with Crippen LogP contribution in [0.1, 0.15) is 10.4 Å². The van der Waals surface area contributed by atoms with Crippen LogP contribution < -0.4 is 0 Å². The molecule has 1 heterocycles. The monoisotopic (exact) mass is 165 g/mol. The zero-order valence-corrected chi connectivity index (χ0v) is 6.94. The van der Waals surface area contributed by atoms with Crippen LogP contribution in [0, 0.1) is 6.20 Å². The van der Waals surface area contributed by atoms with E-state index in [4.69, 9.17) is 4.84 Å². The molecule has 0 spiro atoms. The minimum Gasteiger partial charge on any atom is -0.274 e. The van der Waals surface area contributed by atoms with Gasteiger partial charge in [-0.3, -0.25) is 14.6 Å². The third kappa shape index (κ3) is 1.79. The maximum absolute atomic E-state index is 11.3. The van der Waals surface area contributed by atoms with Gasteiger partial charge in [0.2, 0.25) is 0 Å². The minimum absolute atomic E-state index is 0.223. The Bertz CT molecular complexity index is 261. The number of hydrogen-bond donors (Lipinski definition) is 0. The van der Waals surface area contributed by atoms with E-state index in [1.165, 1.54) is 13.3 Å². The van der Waals surface area contributed by atoms with E-state index >= 15 is 0 Å². The summed E-state index contributed by atoms with van der Waals surface area (Å²) in [5.74, 6) is -0.223. The van der Waals surface area contributed by atoms with Gasteiger partial charge in [0.05, 0.1) is 18.9 Å². The van der Waals surface area contributed by atoms with Crippen LogP contribution in [0.2, 0.25) is 0 Å². The summed E-state index contributed by atoms with van der Waals surface area (Å²) in [4.78, 5) is 19.7. The summed E-state index contributed by atoms with van der Waals surface area (Å²) < 4.78 is 0. The average molecular weight is 165 g/mol. The first-order valence-corrected chi connectivity index (χ1v) is 3.40. The summed E-state index contributed by atoms with van der Waals surface area (Å²) in [6.07, 6.45) is 4.03. The van der Waals surface area contributed by atoms with E-state index in [9.17, 15) is 4.79 Å². The minimum atomic E-state index is -0.223. The molecule has 12 heavy (non-hydrogen) atoms. The van der Waals surface area contributed by atoms with Gasteiger partial charge in [0.1, 0.15) is 0 Å². The molecule has 0 bridgehead atoms. The molecule has 0 saturated heterocycles. The lowest BCUT2D eigenvalue weighted by molar-refractivity contribution is -0.0757. The topological polar surface area (TPSA) is 42.4 Å². The number of hydroxylamine groups is 2. The molecule has 0 saturated carbocycles. The normalized spacial score (nSPS) is 9.50. The Balaban J connectivity index is 2.79. The Kier molecular flexibility index (Phi) is 2.76. The van der Waals surface area contributed by atoms with Gasteiger partial charge in [-0.05, 0) is 12.1 Å². The van der Waals surface area contributed by atoms with Gasteiger partial charge in [0.25, 0.3) is 5.91 Å². The highest BCUT2D eigenvalue weighted by Gasteiger charge is 2.09. The van der Waals surface area contributed by atoms with E-state index in [-0.39, 0.29) is 5.91 Å². The van der Waals surface area contributed by atoms with E-state index in [0.29, 0.717) is 5.56 Å². The number of pyridine rings is 1. The molecular weight excluding hydrogens is 156 g/mol. The molecule has 0 N–H and O–H groups in total. The molecule has 1 rings (SSSR count). The second-order valence-corrected chi connectivity index (χ2v) is 2.16. The van der Waals surface area contributed by atoms with Gasteiger partial charge in [-0.15, -0.1) is 0 Å². The number of carbonyl (C=O) groups excluding carboxylic acids is 1. The van der Waals surface area contributed by atoms with E-state index < -0.39 is 0 Å². The van der Waals surface area contributed by atoms with Gasteiger partial charge in [0, 0.05) is 13.2 Å². The molecule has 0 fully saturated rings. The van der Waals surface area contributed by atoms with Gasteiger partial charge in [-0.25, -0.2) is 5.06 Å². The second-order valence-electron chi connectivity index (χ2n) is 2.16. The lowest BCUT2D eigenvalue weighted by atomic mass is 10.3. The molecule has 1 aromatic heterocycles. The fourth-order valence-electron chi connectivity index (χ4n) is 0.711. The second kappa shape index (κ2) is 3.82. The predicted molar refractivity (Wildman–Crippen MR) is 42.2 cm³/mol. The third-order valence-electron chi connectivity index (χ3n) is 1.42. The molecule has 1 radical (unpaired) electrons. The van der Waals surface area contributed by atoms with Crippen LogP contribution in [0.3, 0.4) is 0 Å². The van der Waals surface area contributed by atoms with Crippen LogP contribution >= 0.6 is 0 Å². The zero-order valence-electron chi connectivity index (χ0n) is 6.94. The van der Waals surface area contributed by atoms with Crippen LogP contribution in [0.25, 0.3) is 0 Å². The molecule has 63 valence electrons. The van der Waals surface area contributed by atoms with Crippen LogP contribution in [0.4, 0.5) is 0 Å². The van der Waals surface area contributed by atoms with Crippen molar-refractivity contribution in [2.24, 2.45) is 0 Å². The summed E-state index contributed by atoms with van der Waals surface area (Å²) in [5, 5.41) is 1.14. The van der Waals surface area contributed by atoms with Crippen LogP contribution in [-0.4, -0.2) is 30.1 Å². The number of nitrogens with zero attached hydrogens (tertiary/aromatic N) is 2. The lowest BCUT2D eigenvalue weighted by Crippen LogP contribution is -2.25. The Hall–Kier alpha value is -1.42. The Morgan fingerprint density at radius 2 is 2.50 bits per heavy atom. The SMILES string of the molecule is CON(C)C(=O)c1cc[c]nc1. The van der Waals surface area contributed by atoms with Gasteiger partial charge >= 0.3 is 0 Å². The maximum atomic E-state index is 11.3. The molecule has 0 aliphatic rings. The Morgan fingerprint density at radius 3 is 3.00 bits per heavy atom. The molecule has 1 aromatic rings. The quantitative estimate of drug-likeness (QED) is 0.600. The standard InChI is InChI=1S/C8H9N2O2/c1-10(12-2)8(11)7-4-3-5-9-6-7/h3-4,6H,1-2H3. The van der Waals surface area contributed by atoms with Crippen LogP contribution in [0.5, 0.6) is 0 Å². The first-order valence-electron chi connectivity index (χ1n) is 3.40. The van der Waals surface area contributed by atoms with Crippen molar-refractivity contribution in [2.75, 3.05) is 14.2 Å². The van der Waals surface area contributed by atoms with E-state index in [1.807, 2.05) is 0 Å². The summed E-state index contributed by atoms with van der Waals surface area (Å²) >= 11 is 0. The fourth-order valence-corrected chi connectivity index (χ4v) is 0.711. The number of aromatic nitrogens is 1. The summed E-state index contributed by atoms with van der Waals surface area (Å²) in [5.41, 5.74) is 0.484. The fraction of sp³-hybridized carbons (Fsp3) is 0.250. The molecule has 0 aliphatic carbocycles. The van der Waals surface area contributed by atoms with Gasteiger partial charge in [-0.2, -0.15) is 0 Å². The maximum Gasteiger partial charge on any atom is 0.278 e. The summed E-state index contributed by atoms with van der Waals surface area (Å²) in [6.45, 7) is 0. The van der Waals surface area contributed by atoms with Crippen molar-refractivity contribution in [3.05, 3.63) is 30.1 Å². The Morgan fingerprint density at radius 1 is 1.75 bits per heavy atom. The van der Waals surface area contributed by atoms with Crippen molar-refractivity contribution < 1.29 is 9.63 Å². The summed E-state index contributed by atoms with van der Waals surface area (Å²) in [7, 11) is 2.97. The Labute approximate surface area is 70.7 Å². The number of amides is 1. The van der Waals surface area contributed by atoms with E-state index in [1.54, 1.807) is 19.2 Å². The average Bonchev–Trinajstić information content (AvgIpc) is 2.17. The molecule has 0 atom stereocenters. The number of hydrogen-bond acceptors (Lipinski definition) is 3. The highest BCUT2D eigenvalue weighted by molar-refractivity contribution is 5.92. The van der Waals surface area contributed by atoms with E-state index in [2.05, 4.69) is 11.2 Å². The first-order chi connectivity index (χ1) is 5.75. The van der Waals surface area contributed by atoms with Crippen LogP contribution in [-0.2, 0) is 4.84 Å². The molecule has 4 heteroatoms. The molecule has 0 unspecified atom stereocenters. The van der Waals surface area contributed by atoms with Gasteiger partial charge in [-0.1, -0.05) is 0 Å². The molecule has 1 amide bonds. The lowest BCUT2D eigenvalue weighted by Gasteiger charge is -2.12. The van der Waals surface area contributed by atoms with Crippen molar-refractivity contribution >= 4 is 5.91 Å². The number of rotatable bonds is 2. The first kappa shape index (κ1) is 8.67. The smallest absolute Gasteiger partial charge is 0.274 e. The van der Waals surface area contributed by atoms with Gasteiger partial charge in [0.15, 0.2) is 0 Å². The zero-order chi connectivity index (χ0) is 8.97. The molecule has 0 aromatic carbocycles. The van der Waals surface area contributed by atoms with Crippen molar-refractivity contribution in [1.82, 2.24) is 10.0 Å². The summed E-state index contributed by atoms with van der Waals surface area (Å²) in [6, 6.07) is 3.21. The largest absolute Gasteiger partial charge is 0.278 e. The van der Waals surface area contributed by atoms with E-state index in [0.717, 1.165) is 5.06 Å². The van der Waals surface area contributed by atoms with Crippen molar-refractivity contribution in [3.63, 3.8) is 0 Å². The molecule has 4 nitrogen and oxygen atoms in total. The highest BCUT2D eigenvalue weighted by atomic mass is 16.7. The highest BCUT2D eigenvalue weighted by Crippen LogP contribution is 1.99. The predicted octanol–water partition coefficient (Wildman–Crippen LogP) is 0.515. The molecular formula is C8H9N2O2.